The number of phenolic OH excluding ortho intramolecular Hbond substituents is 1. The van der Waals surface area contributed by atoms with E-state index in [1.807, 2.05) is 36.4 Å². The van der Waals surface area contributed by atoms with Crippen LogP contribution >= 0.6 is 0 Å². The van der Waals surface area contributed by atoms with E-state index in [4.69, 9.17) is 5.26 Å². The van der Waals surface area contributed by atoms with Gasteiger partial charge in [-0.05, 0) is 59.7 Å². The first-order chi connectivity index (χ1) is 11.2. The van der Waals surface area contributed by atoms with E-state index in [9.17, 15) is 5.11 Å². The summed E-state index contributed by atoms with van der Waals surface area (Å²) >= 11 is 0. The SMILES string of the molecule is N#Cc1ccc(-c2ccc(/N=N/c3ccc(O)cc3)cc2)cc1. The van der Waals surface area contributed by atoms with Gasteiger partial charge in [-0.25, -0.2) is 0 Å². The molecule has 0 fully saturated rings. The molecule has 110 valence electrons. The Labute approximate surface area is 134 Å². The molecule has 0 amide bonds. The Balaban J connectivity index is 1.76. The molecule has 0 aromatic heterocycles. The zero-order chi connectivity index (χ0) is 16.1. The summed E-state index contributed by atoms with van der Waals surface area (Å²) in [4.78, 5) is 0. The topological polar surface area (TPSA) is 68.7 Å². The molecular weight excluding hydrogens is 286 g/mol. The van der Waals surface area contributed by atoms with Gasteiger partial charge in [0.25, 0.3) is 0 Å². The Hall–Kier alpha value is -3.45. The van der Waals surface area contributed by atoms with E-state index in [0.29, 0.717) is 11.3 Å². The van der Waals surface area contributed by atoms with Crippen LogP contribution in [0, 0.1) is 11.3 Å². The monoisotopic (exact) mass is 299 g/mol. The van der Waals surface area contributed by atoms with Crippen molar-refractivity contribution < 1.29 is 5.11 Å². The van der Waals surface area contributed by atoms with E-state index >= 15 is 0 Å². The lowest BCUT2D eigenvalue weighted by Crippen LogP contribution is -1.78. The highest BCUT2D eigenvalue weighted by Gasteiger charge is 1.99. The Morgan fingerprint density at radius 3 is 1.57 bits per heavy atom. The molecule has 0 saturated heterocycles. The lowest BCUT2D eigenvalue weighted by molar-refractivity contribution is 0.475. The Morgan fingerprint density at radius 2 is 1.09 bits per heavy atom. The summed E-state index contributed by atoms with van der Waals surface area (Å²) in [6.45, 7) is 0. The van der Waals surface area contributed by atoms with Gasteiger partial charge < -0.3 is 5.11 Å². The van der Waals surface area contributed by atoms with Gasteiger partial charge in [0.05, 0.1) is 23.0 Å². The van der Waals surface area contributed by atoms with E-state index in [1.54, 1.807) is 36.4 Å². The maximum atomic E-state index is 9.22. The molecule has 0 unspecified atom stereocenters. The lowest BCUT2D eigenvalue weighted by Gasteiger charge is -2.02. The maximum absolute atomic E-state index is 9.22. The first-order valence-corrected chi connectivity index (χ1v) is 7.06. The molecule has 0 bridgehead atoms. The van der Waals surface area contributed by atoms with Crippen LogP contribution in [0.4, 0.5) is 11.4 Å². The van der Waals surface area contributed by atoms with Gasteiger partial charge in [0.2, 0.25) is 0 Å². The Morgan fingerprint density at radius 1 is 0.652 bits per heavy atom. The van der Waals surface area contributed by atoms with E-state index in [2.05, 4.69) is 16.3 Å². The number of nitriles is 1. The van der Waals surface area contributed by atoms with Gasteiger partial charge in [-0.15, -0.1) is 0 Å². The van der Waals surface area contributed by atoms with E-state index < -0.39 is 0 Å². The summed E-state index contributed by atoms with van der Waals surface area (Å²) in [5, 5.41) is 26.3. The zero-order valence-electron chi connectivity index (χ0n) is 12.2. The highest BCUT2D eigenvalue weighted by Crippen LogP contribution is 2.25. The summed E-state index contributed by atoms with van der Waals surface area (Å²) in [5.74, 6) is 0.204. The molecule has 3 aromatic carbocycles. The molecule has 0 aliphatic heterocycles. The van der Waals surface area contributed by atoms with E-state index in [-0.39, 0.29) is 5.75 Å². The summed E-state index contributed by atoms with van der Waals surface area (Å²) in [5.41, 5.74) is 4.17. The molecule has 3 rings (SSSR count). The maximum Gasteiger partial charge on any atom is 0.115 e. The number of phenols is 1. The molecular formula is C19H13N3O. The van der Waals surface area contributed by atoms with Gasteiger partial charge in [-0.3, -0.25) is 0 Å². The van der Waals surface area contributed by atoms with Crippen LogP contribution in [0.1, 0.15) is 5.56 Å². The predicted octanol–water partition coefficient (Wildman–Crippen LogP) is 5.35. The van der Waals surface area contributed by atoms with Crippen LogP contribution in [0.5, 0.6) is 5.75 Å². The number of benzene rings is 3. The van der Waals surface area contributed by atoms with Crippen molar-refractivity contribution in [2.75, 3.05) is 0 Å². The fraction of sp³-hybridized carbons (Fsp3) is 0. The number of nitrogens with zero attached hydrogens (tertiary/aromatic N) is 3. The fourth-order valence-electron chi connectivity index (χ4n) is 2.09. The number of azo groups is 1. The normalized spacial score (nSPS) is 10.6. The standard InChI is InChI=1S/C19H13N3O/c20-13-14-1-3-15(4-2-14)16-5-7-17(8-6-16)21-22-18-9-11-19(23)12-10-18/h1-12,23H/b22-21+. The average molecular weight is 299 g/mol. The minimum absolute atomic E-state index is 0.204. The summed E-state index contributed by atoms with van der Waals surface area (Å²) in [6.07, 6.45) is 0. The van der Waals surface area contributed by atoms with Gasteiger partial charge >= 0.3 is 0 Å². The van der Waals surface area contributed by atoms with E-state index in [1.165, 1.54) is 0 Å². The second kappa shape index (κ2) is 6.54. The van der Waals surface area contributed by atoms with Crippen molar-refractivity contribution in [1.29, 1.82) is 5.26 Å². The van der Waals surface area contributed by atoms with Crippen molar-refractivity contribution in [3.8, 4) is 22.9 Å². The second-order valence-electron chi connectivity index (χ2n) is 4.95. The highest BCUT2D eigenvalue weighted by molar-refractivity contribution is 5.66. The van der Waals surface area contributed by atoms with Gasteiger partial charge in [-0.1, -0.05) is 24.3 Å². The Bertz CT molecular complexity index is 858. The molecule has 0 heterocycles. The van der Waals surface area contributed by atoms with Crippen molar-refractivity contribution in [2.45, 2.75) is 0 Å². The Kier molecular flexibility index (Phi) is 4.12. The first-order valence-electron chi connectivity index (χ1n) is 7.06. The molecule has 3 aromatic rings. The quantitative estimate of drug-likeness (QED) is 0.662. The molecule has 0 saturated carbocycles. The third-order valence-electron chi connectivity index (χ3n) is 3.35. The largest absolute Gasteiger partial charge is 0.508 e. The van der Waals surface area contributed by atoms with Crippen LogP contribution in [-0.2, 0) is 0 Å². The third-order valence-corrected chi connectivity index (χ3v) is 3.35. The molecule has 4 nitrogen and oxygen atoms in total. The molecule has 0 radical (unpaired) electrons. The minimum atomic E-state index is 0.204. The van der Waals surface area contributed by atoms with Crippen molar-refractivity contribution in [2.24, 2.45) is 10.2 Å². The third kappa shape index (κ3) is 3.60. The summed E-state index contributed by atoms with van der Waals surface area (Å²) in [7, 11) is 0. The van der Waals surface area contributed by atoms with Crippen molar-refractivity contribution in [3.05, 3.63) is 78.4 Å². The number of rotatable bonds is 3. The lowest BCUT2D eigenvalue weighted by atomic mass is 10.0. The zero-order valence-corrected chi connectivity index (χ0v) is 12.2. The summed E-state index contributed by atoms with van der Waals surface area (Å²) in [6, 6.07) is 23.8. The van der Waals surface area contributed by atoms with Gasteiger partial charge in [0, 0.05) is 0 Å². The first kappa shape index (κ1) is 14.5. The van der Waals surface area contributed by atoms with Crippen LogP contribution in [0.2, 0.25) is 0 Å². The van der Waals surface area contributed by atoms with Crippen LogP contribution in [0.15, 0.2) is 83.0 Å². The number of hydrogen-bond acceptors (Lipinski definition) is 4. The van der Waals surface area contributed by atoms with Crippen LogP contribution < -0.4 is 0 Å². The molecule has 0 atom stereocenters. The number of aromatic hydroxyl groups is 1. The molecule has 1 N–H and O–H groups in total. The van der Waals surface area contributed by atoms with Crippen molar-refractivity contribution >= 4 is 11.4 Å². The highest BCUT2D eigenvalue weighted by atomic mass is 16.3. The summed E-state index contributed by atoms with van der Waals surface area (Å²) < 4.78 is 0. The molecule has 0 aliphatic rings. The second-order valence-corrected chi connectivity index (χ2v) is 4.95. The van der Waals surface area contributed by atoms with Crippen LogP contribution in [0.25, 0.3) is 11.1 Å². The number of hydrogen-bond donors (Lipinski definition) is 1. The van der Waals surface area contributed by atoms with E-state index in [0.717, 1.165) is 16.8 Å². The van der Waals surface area contributed by atoms with Crippen LogP contribution in [0.3, 0.4) is 0 Å². The van der Waals surface area contributed by atoms with Crippen molar-refractivity contribution in [1.82, 2.24) is 0 Å². The van der Waals surface area contributed by atoms with Crippen LogP contribution in [-0.4, -0.2) is 5.11 Å². The molecule has 23 heavy (non-hydrogen) atoms. The molecule has 0 aliphatic carbocycles. The predicted molar refractivity (Wildman–Crippen MR) is 88.9 cm³/mol. The smallest absolute Gasteiger partial charge is 0.115 e. The minimum Gasteiger partial charge on any atom is -0.508 e. The molecule has 4 heteroatoms. The molecule has 0 spiro atoms. The van der Waals surface area contributed by atoms with Gasteiger partial charge in [-0.2, -0.15) is 15.5 Å². The van der Waals surface area contributed by atoms with Crippen molar-refractivity contribution in [3.63, 3.8) is 0 Å². The van der Waals surface area contributed by atoms with Gasteiger partial charge in [0.15, 0.2) is 0 Å². The fourth-order valence-corrected chi connectivity index (χ4v) is 2.09. The average Bonchev–Trinajstić information content (AvgIpc) is 2.62. The van der Waals surface area contributed by atoms with Gasteiger partial charge in [0.1, 0.15) is 5.75 Å².